The summed E-state index contributed by atoms with van der Waals surface area (Å²) in [6.07, 6.45) is 11.6. The molecule has 0 atom stereocenters. The van der Waals surface area contributed by atoms with Crippen LogP contribution < -0.4 is 0 Å². The van der Waals surface area contributed by atoms with Gasteiger partial charge in [-0.25, -0.2) is 0 Å². The molecule has 0 bridgehead atoms. The third-order valence-electron chi connectivity index (χ3n) is 2.66. The molecule has 0 amide bonds. The normalized spacial score (nSPS) is 12.2. The minimum absolute atomic E-state index is 0.537. The van der Waals surface area contributed by atoms with Crippen molar-refractivity contribution in [3.8, 4) is 6.07 Å². The molecule has 0 aliphatic carbocycles. The molecule has 0 aromatic carbocycles. The monoisotopic (exact) mass is 231 g/mol. The highest BCUT2D eigenvalue weighted by atomic mass is 14.2. The molecule has 17 heavy (non-hydrogen) atoms. The summed E-state index contributed by atoms with van der Waals surface area (Å²) in [4.78, 5) is 0. The van der Waals surface area contributed by atoms with E-state index < -0.39 is 0 Å². The Kier molecular flexibility index (Phi) is 9.15. The first kappa shape index (κ1) is 15.7. The zero-order valence-electron chi connectivity index (χ0n) is 11.7. The van der Waals surface area contributed by atoms with Gasteiger partial charge >= 0.3 is 0 Å². The standard InChI is InChI=1S/C16H25N/c1-14(2)8-5-9-15(3)10-6-11-16(4)12-7-13-17/h8,10,12H,5-7,9,11H2,1-4H3. The summed E-state index contributed by atoms with van der Waals surface area (Å²) in [5.74, 6) is 0. The zero-order chi connectivity index (χ0) is 13.1. The first-order valence-electron chi connectivity index (χ1n) is 6.38. The molecule has 0 aromatic heterocycles. The highest BCUT2D eigenvalue weighted by Gasteiger charge is 1.91. The molecule has 0 aliphatic rings. The Morgan fingerprint density at radius 1 is 0.882 bits per heavy atom. The summed E-state index contributed by atoms with van der Waals surface area (Å²) in [6, 6.07) is 2.14. The second-order valence-corrected chi connectivity index (χ2v) is 4.82. The van der Waals surface area contributed by atoms with E-state index in [0.29, 0.717) is 6.42 Å². The molecule has 0 rings (SSSR count). The minimum Gasteiger partial charge on any atom is -0.198 e. The van der Waals surface area contributed by atoms with E-state index in [-0.39, 0.29) is 0 Å². The molecule has 0 unspecified atom stereocenters. The number of nitriles is 1. The Hall–Kier alpha value is -1.29. The van der Waals surface area contributed by atoms with Crippen LogP contribution in [-0.4, -0.2) is 0 Å². The highest BCUT2D eigenvalue weighted by Crippen LogP contribution is 2.11. The van der Waals surface area contributed by atoms with Crippen LogP contribution >= 0.6 is 0 Å². The van der Waals surface area contributed by atoms with Crippen LogP contribution in [0.2, 0.25) is 0 Å². The van der Waals surface area contributed by atoms with Gasteiger partial charge in [-0.3, -0.25) is 0 Å². The molecule has 0 saturated carbocycles. The number of hydrogen-bond acceptors (Lipinski definition) is 1. The van der Waals surface area contributed by atoms with Gasteiger partial charge in [-0.15, -0.1) is 0 Å². The maximum absolute atomic E-state index is 8.46. The van der Waals surface area contributed by atoms with Gasteiger partial charge in [-0.2, -0.15) is 5.26 Å². The van der Waals surface area contributed by atoms with Crippen molar-refractivity contribution in [3.63, 3.8) is 0 Å². The van der Waals surface area contributed by atoms with Crippen molar-refractivity contribution in [2.45, 2.75) is 59.8 Å². The van der Waals surface area contributed by atoms with Crippen LogP contribution in [0.15, 0.2) is 34.9 Å². The lowest BCUT2D eigenvalue weighted by Crippen LogP contribution is -1.80. The van der Waals surface area contributed by atoms with E-state index in [1.54, 1.807) is 0 Å². The Balaban J connectivity index is 3.85. The molecule has 0 saturated heterocycles. The van der Waals surface area contributed by atoms with Crippen molar-refractivity contribution in [3.05, 3.63) is 34.9 Å². The fourth-order valence-electron chi connectivity index (χ4n) is 1.56. The van der Waals surface area contributed by atoms with Gasteiger partial charge < -0.3 is 0 Å². The van der Waals surface area contributed by atoms with Crippen LogP contribution in [0.5, 0.6) is 0 Å². The van der Waals surface area contributed by atoms with Crippen LogP contribution in [0.3, 0.4) is 0 Å². The van der Waals surface area contributed by atoms with E-state index in [2.05, 4.69) is 45.9 Å². The predicted octanol–water partition coefficient (Wildman–Crippen LogP) is 5.32. The van der Waals surface area contributed by atoms with Crippen LogP contribution in [-0.2, 0) is 0 Å². The Labute approximate surface area is 107 Å². The van der Waals surface area contributed by atoms with Gasteiger partial charge in [0.2, 0.25) is 0 Å². The Morgan fingerprint density at radius 2 is 1.41 bits per heavy atom. The number of rotatable bonds is 7. The fourth-order valence-corrected chi connectivity index (χ4v) is 1.56. The number of nitrogens with zero attached hydrogens (tertiary/aromatic N) is 1. The molecule has 0 radical (unpaired) electrons. The average molecular weight is 231 g/mol. The summed E-state index contributed by atoms with van der Waals surface area (Å²) in [5.41, 5.74) is 4.18. The molecular formula is C16H25N. The van der Waals surface area contributed by atoms with E-state index >= 15 is 0 Å². The molecular weight excluding hydrogens is 206 g/mol. The molecule has 0 heterocycles. The largest absolute Gasteiger partial charge is 0.198 e. The average Bonchev–Trinajstić information content (AvgIpc) is 2.25. The summed E-state index contributed by atoms with van der Waals surface area (Å²) in [6.45, 7) is 8.58. The molecule has 1 nitrogen and oxygen atoms in total. The quantitative estimate of drug-likeness (QED) is 0.544. The summed E-state index contributed by atoms with van der Waals surface area (Å²) in [5, 5.41) is 8.46. The van der Waals surface area contributed by atoms with E-state index in [9.17, 15) is 0 Å². The molecule has 0 fully saturated rings. The smallest absolute Gasteiger partial charge is 0.0663 e. The van der Waals surface area contributed by atoms with Gasteiger partial charge in [0.25, 0.3) is 0 Å². The first-order valence-corrected chi connectivity index (χ1v) is 6.38. The van der Waals surface area contributed by atoms with Gasteiger partial charge in [-0.05, 0) is 53.4 Å². The molecule has 94 valence electrons. The maximum atomic E-state index is 8.46. The molecule has 1 heteroatoms. The first-order chi connectivity index (χ1) is 8.06. The summed E-state index contributed by atoms with van der Waals surface area (Å²) < 4.78 is 0. The lowest BCUT2D eigenvalue weighted by Gasteiger charge is -2.00. The Morgan fingerprint density at radius 3 is 1.94 bits per heavy atom. The van der Waals surface area contributed by atoms with Gasteiger partial charge in [-0.1, -0.05) is 34.9 Å². The van der Waals surface area contributed by atoms with Crippen molar-refractivity contribution >= 4 is 0 Å². The third kappa shape index (κ3) is 11.0. The number of hydrogen-bond donors (Lipinski definition) is 0. The van der Waals surface area contributed by atoms with Gasteiger partial charge in [0.05, 0.1) is 12.5 Å². The second-order valence-electron chi connectivity index (χ2n) is 4.82. The van der Waals surface area contributed by atoms with Crippen molar-refractivity contribution in [1.82, 2.24) is 0 Å². The summed E-state index contributed by atoms with van der Waals surface area (Å²) >= 11 is 0. The molecule has 0 aromatic rings. The van der Waals surface area contributed by atoms with Crippen LogP contribution in [0, 0.1) is 11.3 Å². The third-order valence-corrected chi connectivity index (χ3v) is 2.66. The number of allylic oxidation sites excluding steroid dienone is 6. The SMILES string of the molecule is CC(C)=CCCC(C)=CCCC(C)=CCC#N. The van der Waals surface area contributed by atoms with Gasteiger partial charge in [0, 0.05) is 0 Å². The van der Waals surface area contributed by atoms with Gasteiger partial charge in [0.1, 0.15) is 0 Å². The molecule has 0 spiro atoms. The lowest BCUT2D eigenvalue weighted by atomic mass is 10.1. The topological polar surface area (TPSA) is 23.8 Å². The molecule has 0 aliphatic heterocycles. The van der Waals surface area contributed by atoms with Crippen LogP contribution in [0.1, 0.15) is 59.8 Å². The van der Waals surface area contributed by atoms with Crippen LogP contribution in [0.4, 0.5) is 0 Å². The maximum Gasteiger partial charge on any atom is 0.0663 e. The van der Waals surface area contributed by atoms with Crippen molar-refractivity contribution < 1.29 is 0 Å². The minimum atomic E-state index is 0.537. The molecule has 0 N–H and O–H groups in total. The highest BCUT2D eigenvalue weighted by molar-refractivity contribution is 5.06. The van der Waals surface area contributed by atoms with Gasteiger partial charge in [0.15, 0.2) is 0 Å². The van der Waals surface area contributed by atoms with E-state index in [1.807, 2.05) is 6.08 Å². The van der Waals surface area contributed by atoms with E-state index in [0.717, 1.165) is 25.7 Å². The lowest BCUT2D eigenvalue weighted by molar-refractivity contribution is 0.915. The summed E-state index contributed by atoms with van der Waals surface area (Å²) in [7, 11) is 0. The van der Waals surface area contributed by atoms with Crippen LogP contribution in [0.25, 0.3) is 0 Å². The zero-order valence-corrected chi connectivity index (χ0v) is 11.7. The predicted molar refractivity (Wildman–Crippen MR) is 75.6 cm³/mol. The van der Waals surface area contributed by atoms with Crippen molar-refractivity contribution in [2.24, 2.45) is 0 Å². The Bertz CT molecular complexity index is 333. The van der Waals surface area contributed by atoms with Crippen molar-refractivity contribution in [2.75, 3.05) is 0 Å². The van der Waals surface area contributed by atoms with E-state index in [4.69, 9.17) is 5.26 Å². The fraction of sp³-hybridized carbons (Fsp3) is 0.562. The second kappa shape index (κ2) is 9.90. The van der Waals surface area contributed by atoms with E-state index in [1.165, 1.54) is 16.7 Å². The van der Waals surface area contributed by atoms with Crippen molar-refractivity contribution in [1.29, 1.82) is 5.26 Å².